The van der Waals surface area contributed by atoms with E-state index in [2.05, 4.69) is 0 Å². The number of aromatic nitrogens is 2. The molecule has 0 spiro atoms. The second-order valence-corrected chi connectivity index (χ2v) is 7.52. The first-order chi connectivity index (χ1) is 14.7. The first kappa shape index (κ1) is 21.0. The van der Waals surface area contributed by atoms with Gasteiger partial charge in [-0.25, -0.2) is 9.36 Å². The zero-order chi connectivity index (χ0) is 22.3. The largest absolute Gasteiger partial charge is 0.484 e. The second kappa shape index (κ2) is 7.77. The van der Waals surface area contributed by atoms with Gasteiger partial charge in [-0.1, -0.05) is 42.5 Å². The minimum Gasteiger partial charge on any atom is -0.484 e. The van der Waals surface area contributed by atoms with Gasteiger partial charge in [0, 0.05) is 11.6 Å². The van der Waals surface area contributed by atoms with Crippen LogP contribution in [0.3, 0.4) is 0 Å². The van der Waals surface area contributed by atoms with Crippen molar-refractivity contribution in [1.29, 1.82) is 0 Å². The number of alkyl halides is 4. The molecular formula is C22H16ClF3N2O3. The van der Waals surface area contributed by atoms with Gasteiger partial charge in [-0.05, 0) is 30.2 Å². The summed E-state index contributed by atoms with van der Waals surface area (Å²) in [7, 11) is 0. The van der Waals surface area contributed by atoms with Crippen LogP contribution in [0.15, 0.2) is 70.3 Å². The number of halogens is 4. The number of nitrogens with one attached hydrogen (secondary N) is 1. The van der Waals surface area contributed by atoms with Crippen molar-refractivity contribution in [1.82, 2.24) is 9.55 Å². The molecule has 2 unspecified atom stereocenters. The molecule has 0 fully saturated rings. The maximum atomic E-state index is 13.0. The summed E-state index contributed by atoms with van der Waals surface area (Å²) >= 11 is 6.64. The Kier molecular flexibility index (Phi) is 5.26. The van der Waals surface area contributed by atoms with Gasteiger partial charge in [0.1, 0.15) is 17.5 Å². The van der Waals surface area contributed by atoms with Crippen molar-refractivity contribution in [3.63, 3.8) is 0 Å². The number of fused-ring (bicyclic) bond motifs is 1. The third-order valence-corrected chi connectivity index (χ3v) is 5.46. The van der Waals surface area contributed by atoms with Gasteiger partial charge in [0.05, 0.1) is 11.1 Å². The van der Waals surface area contributed by atoms with Gasteiger partial charge in [-0.2, -0.15) is 13.2 Å². The third kappa shape index (κ3) is 3.90. The molecule has 9 heteroatoms. The topological polar surface area (TPSA) is 64.1 Å². The van der Waals surface area contributed by atoms with Crippen LogP contribution in [0.5, 0.6) is 5.75 Å². The fourth-order valence-corrected chi connectivity index (χ4v) is 3.79. The highest BCUT2D eigenvalue weighted by Gasteiger charge is 2.35. The van der Waals surface area contributed by atoms with Gasteiger partial charge < -0.3 is 9.72 Å². The van der Waals surface area contributed by atoms with Gasteiger partial charge in [0.25, 0.3) is 5.56 Å². The zero-order valence-electron chi connectivity index (χ0n) is 16.1. The summed E-state index contributed by atoms with van der Waals surface area (Å²) in [5, 5.41) is -0.649. The van der Waals surface area contributed by atoms with E-state index in [1.807, 2.05) is 19.1 Å². The number of rotatable bonds is 3. The molecule has 1 aromatic heterocycles. The Morgan fingerprint density at radius 3 is 2.42 bits per heavy atom. The van der Waals surface area contributed by atoms with Crippen molar-refractivity contribution in [3.8, 4) is 5.75 Å². The van der Waals surface area contributed by atoms with Crippen molar-refractivity contribution in [2.75, 3.05) is 0 Å². The molecule has 160 valence electrons. The van der Waals surface area contributed by atoms with Crippen molar-refractivity contribution >= 4 is 17.3 Å². The molecule has 0 bridgehead atoms. The number of benzene rings is 2. The number of para-hydroxylation sites is 1. The molecule has 0 saturated carbocycles. The van der Waals surface area contributed by atoms with Crippen LogP contribution in [0, 0.1) is 6.92 Å². The van der Waals surface area contributed by atoms with E-state index in [1.54, 1.807) is 41.4 Å². The van der Waals surface area contributed by atoms with Crippen LogP contribution < -0.4 is 16.0 Å². The lowest BCUT2D eigenvalue weighted by atomic mass is 9.92. The van der Waals surface area contributed by atoms with Crippen molar-refractivity contribution in [2.45, 2.75) is 24.6 Å². The molecule has 1 aliphatic rings. The predicted molar refractivity (Wildman–Crippen MR) is 110 cm³/mol. The smallest absolute Gasteiger partial charge is 0.431 e. The van der Waals surface area contributed by atoms with Crippen molar-refractivity contribution < 1.29 is 17.9 Å². The molecule has 0 amide bonds. The summed E-state index contributed by atoms with van der Waals surface area (Å²) < 4.78 is 45.7. The number of H-pyrrole nitrogens is 1. The van der Waals surface area contributed by atoms with E-state index in [0.29, 0.717) is 27.5 Å². The molecule has 5 nitrogen and oxygen atoms in total. The third-order valence-electron chi connectivity index (χ3n) is 4.98. The molecule has 0 saturated heterocycles. The quantitative estimate of drug-likeness (QED) is 0.600. The molecule has 1 heterocycles. The van der Waals surface area contributed by atoms with Crippen LogP contribution in [0.1, 0.15) is 27.8 Å². The number of ether oxygens (including phenoxy) is 1. The van der Waals surface area contributed by atoms with Crippen LogP contribution in [-0.2, 0) is 6.18 Å². The van der Waals surface area contributed by atoms with Gasteiger partial charge >= 0.3 is 11.9 Å². The Hall–Kier alpha value is -3.26. The maximum Gasteiger partial charge on any atom is 0.431 e. The summed E-state index contributed by atoms with van der Waals surface area (Å²) in [5.41, 5.74) is -1.73. The van der Waals surface area contributed by atoms with Gasteiger partial charge in [0.2, 0.25) is 0 Å². The molecule has 2 atom stereocenters. The fraction of sp³-hybridized carbons (Fsp3) is 0.182. The highest BCUT2D eigenvalue weighted by Crippen LogP contribution is 2.39. The van der Waals surface area contributed by atoms with E-state index >= 15 is 0 Å². The minimum atomic E-state index is -4.85. The van der Waals surface area contributed by atoms with E-state index < -0.39 is 34.6 Å². The van der Waals surface area contributed by atoms with Gasteiger partial charge in [-0.3, -0.25) is 4.79 Å². The molecule has 1 N–H and O–H groups in total. The number of aryl methyl sites for hydroxylation is 1. The van der Waals surface area contributed by atoms with E-state index in [-0.39, 0.29) is 5.70 Å². The molecular weight excluding hydrogens is 433 g/mol. The monoisotopic (exact) mass is 448 g/mol. The Morgan fingerprint density at radius 1 is 1.06 bits per heavy atom. The molecule has 2 aromatic carbocycles. The first-order valence-electron chi connectivity index (χ1n) is 9.28. The molecule has 0 aliphatic heterocycles. The Labute approximate surface area is 179 Å². The standard InChI is InChI=1S/C22H16ClF3N2O3/c1-12-6-2-5-9-16(12)31-17-10-15(13-7-3-4-8-14(13)20(17)23)28-19(29)11-18(22(24,25)26)27-21(28)30/h2-11,17,20H,1H3,(H,27,30). The molecule has 3 aromatic rings. The lowest BCUT2D eigenvalue weighted by Gasteiger charge is -2.30. The average molecular weight is 449 g/mol. The van der Waals surface area contributed by atoms with Crippen LogP contribution >= 0.6 is 11.6 Å². The summed E-state index contributed by atoms with van der Waals surface area (Å²) in [4.78, 5) is 26.8. The van der Waals surface area contributed by atoms with Crippen LogP contribution in [0.2, 0.25) is 0 Å². The van der Waals surface area contributed by atoms with E-state index in [0.717, 1.165) is 5.56 Å². The molecule has 4 rings (SSSR count). The number of hydrogen-bond acceptors (Lipinski definition) is 3. The average Bonchev–Trinajstić information content (AvgIpc) is 2.71. The van der Waals surface area contributed by atoms with Crippen LogP contribution in [0.25, 0.3) is 5.70 Å². The normalized spacial score (nSPS) is 18.3. The summed E-state index contributed by atoms with van der Waals surface area (Å²) in [6.45, 7) is 1.85. The SMILES string of the molecule is Cc1ccccc1OC1C=C(n2c(=O)cc(C(F)(F)F)[nH]c2=O)c2ccccc2C1Cl. The molecule has 0 radical (unpaired) electrons. The van der Waals surface area contributed by atoms with E-state index in [4.69, 9.17) is 16.3 Å². The predicted octanol–water partition coefficient (Wildman–Crippen LogP) is 4.49. The zero-order valence-corrected chi connectivity index (χ0v) is 16.9. The summed E-state index contributed by atoms with van der Waals surface area (Å²) in [5.74, 6) is 0.557. The molecule has 31 heavy (non-hydrogen) atoms. The van der Waals surface area contributed by atoms with Gasteiger partial charge in [0.15, 0.2) is 0 Å². The Balaban J connectivity index is 1.88. The van der Waals surface area contributed by atoms with Gasteiger partial charge in [-0.15, -0.1) is 11.6 Å². The van der Waals surface area contributed by atoms with E-state index in [1.165, 1.54) is 6.08 Å². The van der Waals surface area contributed by atoms with Crippen molar-refractivity contribution in [2.24, 2.45) is 0 Å². The fourth-order valence-electron chi connectivity index (χ4n) is 3.48. The van der Waals surface area contributed by atoms with Crippen LogP contribution in [-0.4, -0.2) is 15.7 Å². The minimum absolute atomic E-state index is 0.103. The lowest BCUT2D eigenvalue weighted by Crippen LogP contribution is -2.38. The number of nitrogens with zero attached hydrogens (tertiary/aromatic N) is 1. The van der Waals surface area contributed by atoms with Crippen LogP contribution in [0.4, 0.5) is 13.2 Å². The first-order valence-corrected chi connectivity index (χ1v) is 9.72. The van der Waals surface area contributed by atoms with E-state index in [9.17, 15) is 22.8 Å². The summed E-state index contributed by atoms with van der Waals surface area (Å²) in [6, 6.07) is 14.4. The highest BCUT2D eigenvalue weighted by molar-refractivity contribution is 6.22. The molecule has 1 aliphatic carbocycles. The Bertz CT molecular complexity index is 1260. The summed E-state index contributed by atoms with van der Waals surface area (Å²) in [6.07, 6.45) is -4.15. The maximum absolute atomic E-state index is 13.0. The number of hydrogen-bond donors (Lipinski definition) is 1. The van der Waals surface area contributed by atoms with Crippen molar-refractivity contribution in [3.05, 3.63) is 104 Å². The second-order valence-electron chi connectivity index (χ2n) is 7.05. The highest BCUT2D eigenvalue weighted by atomic mass is 35.5. The Morgan fingerprint density at radius 2 is 1.74 bits per heavy atom. The lowest BCUT2D eigenvalue weighted by molar-refractivity contribution is -0.141. The number of aromatic amines is 1.